The van der Waals surface area contributed by atoms with Crippen LogP contribution in [-0.2, 0) is 10.8 Å². The normalized spacial score (nSPS) is 13.4. The molecular weight excluding hydrogens is 450 g/mol. The maximum atomic E-state index is 6.73. The lowest BCUT2D eigenvalue weighted by atomic mass is 9.77. The summed E-state index contributed by atoms with van der Waals surface area (Å²) in [4.78, 5) is 2.39. The number of rotatable bonds is 10. The van der Waals surface area contributed by atoms with E-state index in [1.54, 1.807) is 0 Å². The van der Waals surface area contributed by atoms with E-state index < -0.39 is 0 Å². The van der Waals surface area contributed by atoms with E-state index in [0.29, 0.717) is 5.92 Å². The van der Waals surface area contributed by atoms with Crippen LogP contribution in [0.2, 0.25) is 0 Å². The lowest BCUT2D eigenvalue weighted by Gasteiger charge is -2.36. The van der Waals surface area contributed by atoms with Crippen molar-refractivity contribution in [2.75, 3.05) is 4.90 Å². The van der Waals surface area contributed by atoms with Crippen molar-refractivity contribution in [1.29, 1.82) is 0 Å². The first-order chi connectivity index (χ1) is 17.8. The predicted molar refractivity (Wildman–Crippen MR) is 160 cm³/mol. The van der Waals surface area contributed by atoms with Crippen molar-refractivity contribution in [3.8, 4) is 11.5 Å². The van der Waals surface area contributed by atoms with E-state index in [1.807, 2.05) is 0 Å². The van der Waals surface area contributed by atoms with Crippen LogP contribution in [0.15, 0.2) is 60.7 Å². The molecule has 0 saturated carbocycles. The Bertz CT molecular complexity index is 1130. The standard InChI is InChI=1S/C35H47NO/c1-9-25(10-2)26-15-19-29(20-16-26)36-30-21-17-27(34(7,11-3)12-4)23-32(30)37-33-24-28(18-22-31(33)36)35(8,13-5)14-6/h15-25H,9-14H2,1-8H3. The first kappa shape index (κ1) is 27.3. The third kappa shape index (κ3) is 4.92. The number of hydrogen-bond donors (Lipinski definition) is 0. The maximum absolute atomic E-state index is 6.73. The average Bonchev–Trinajstić information content (AvgIpc) is 2.95. The summed E-state index contributed by atoms with van der Waals surface area (Å²) < 4.78 is 6.73. The van der Waals surface area contributed by atoms with E-state index in [2.05, 4.69) is 121 Å². The SMILES string of the molecule is CCC(CC)c1ccc(N2c3ccc(C(C)(CC)CC)cc3Oc3cc(C(C)(CC)CC)ccc32)cc1. The molecule has 2 nitrogen and oxygen atoms in total. The van der Waals surface area contributed by atoms with E-state index in [4.69, 9.17) is 4.74 Å². The third-order valence-corrected chi connectivity index (χ3v) is 9.74. The monoisotopic (exact) mass is 497 g/mol. The summed E-state index contributed by atoms with van der Waals surface area (Å²) in [5.74, 6) is 2.52. The van der Waals surface area contributed by atoms with Gasteiger partial charge in [0.25, 0.3) is 0 Å². The van der Waals surface area contributed by atoms with Gasteiger partial charge in [-0.15, -0.1) is 0 Å². The Balaban J connectivity index is 1.87. The van der Waals surface area contributed by atoms with Gasteiger partial charge in [-0.3, -0.25) is 0 Å². The van der Waals surface area contributed by atoms with Gasteiger partial charge in [-0.05, 0) is 108 Å². The minimum absolute atomic E-state index is 0.144. The van der Waals surface area contributed by atoms with Crippen molar-refractivity contribution in [1.82, 2.24) is 0 Å². The fraction of sp³-hybridized carbons (Fsp3) is 0.486. The number of anilines is 3. The minimum Gasteiger partial charge on any atom is -0.453 e. The molecule has 0 aliphatic carbocycles. The lowest BCUT2D eigenvalue weighted by Crippen LogP contribution is -2.22. The number of fused-ring (bicyclic) bond motifs is 2. The predicted octanol–water partition coefficient (Wildman–Crippen LogP) is 11.3. The van der Waals surface area contributed by atoms with Crippen LogP contribution in [0, 0.1) is 0 Å². The van der Waals surface area contributed by atoms with Crippen molar-refractivity contribution >= 4 is 17.1 Å². The van der Waals surface area contributed by atoms with Gasteiger partial charge in [0.05, 0.1) is 11.4 Å². The second-order valence-electron chi connectivity index (χ2n) is 11.4. The van der Waals surface area contributed by atoms with E-state index in [0.717, 1.165) is 48.6 Å². The van der Waals surface area contributed by atoms with Crippen molar-refractivity contribution in [2.45, 2.75) is 111 Å². The van der Waals surface area contributed by atoms with Crippen LogP contribution >= 0.6 is 0 Å². The van der Waals surface area contributed by atoms with E-state index >= 15 is 0 Å². The van der Waals surface area contributed by atoms with Crippen LogP contribution in [0.1, 0.15) is 117 Å². The number of ether oxygens (including phenoxy) is 1. The average molecular weight is 498 g/mol. The molecule has 2 heteroatoms. The Morgan fingerprint density at radius 2 is 1.05 bits per heavy atom. The van der Waals surface area contributed by atoms with Gasteiger partial charge >= 0.3 is 0 Å². The molecule has 3 aromatic carbocycles. The van der Waals surface area contributed by atoms with Gasteiger partial charge in [0, 0.05) is 5.69 Å². The first-order valence-corrected chi connectivity index (χ1v) is 14.6. The smallest absolute Gasteiger partial charge is 0.151 e. The maximum Gasteiger partial charge on any atom is 0.151 e. The van der Waals surface area contributed by atoms with E-state index in [-0.39, 0.29) is 10.8 Å². The molecule has 3 aromatic rings. The molecule has 1 aliphatic rings. The van der Waals surface area contributed by atoms with Crippen LogP contribution in [0.4, 0.5) is 17.1 Å². The second-order valence-corrected chi connectivity index (χ2v) is 11.4. The molecule has 4 rings (SSSR count). The van der Waals surface area contributed by atoms with Crippen LogP contribution < -0.4 is 9.64 Å². The Morgan fingerprint density at radius 1 is 0.622 bits per heavy atom. The summed E-state index contributed by atoms with van der Waals surface area (Å²) in [7, 11) is 0. The molecule has 0 aromatic heterocycles. The zero-order valence-electron chi connectivity index (χ0n) is 24.4. The summed E-state index contributed by atoms with van der Waals surface area (Å²) in [6, 6.07) is 23.0. The molecule has 0 saturated heterocycles. The summed E-state index contributed by atoms with van der Waals surface area (Å²) in [5, 5.41) is 0. The highest BCUT2D eigenvalue weighted by Gasteiger charge is 2.31. The molecule has 1 aliphatic heterocycles. The zero-order valence-corrected chi connectivity index (χ0v) is 24.4. The van der Waals surface area contributed by atoms with Gasteiger partial charge in [0.15, 0.2) is 11.5 Å². The molecular formula is C35H47NO. The van der Waals surface area contributed by atoms with E-state index in [1.165, 1.54) is 35.2 Å². The van der Waals surface area contributed by atoms with Crippen LogP contribution in [0.3, 0.4) is 0 Å². The molecule has 37 heavy (non-hydrogen) atoms. The van der Waals surface area contributed by atoms with Gasteiger partial charge in [-0.1, -0.05) is 79.7 Å². The van der Waals surface area contributed by atoms with E-state index in [9.17, 15) is 0 Å². The summed E-state index contributed by atoms with van der Waals surface area (Å²) >= 11 is 0. The molecule has 0 amide bonds. The van der Waals surface area contributed by atoms with Crippen LogP contribution in [0.25, 0.3) is 0 Å². The van der Waals surface area contributed by atoms with Gasteiger partial charge in [-0.2, -0.15) is 0 Å². The molecule has 0 N–H and O–H groups in total. The molecule has 0 radical (unpaired) electrons. The van der Waals surface area contributed by atoms with Crippen molar-refractivity contribution in [3.05, 3.63) is 77.4 Å². The highest BCUT2D eigenvalue weighted by atomic mass is 16.5. The minimum atomic E-state index is 0.144. The van der Waals surface area contributed by atoms with Gasteiger partial charge < -0.3 is 9.64 Å². The molecule has 0 atom stereocenters. The Morgan fingerprint density at radius 3 is 1.43 bits per heavy atom. The van der Waals surface area contributed by atoms with Crippen molar-refractivity contribution in [2.24, 2.45) is 0 Å². The molecule has 0 unspecified atom stereocenters. The second kappa shape index (κ2) is 10.9. The molecule has 0 bridgehead atoms. The lowest BCUT2D eigenvalue weighted by molar-refractivity contribution is 0.425. The number of hydrogen-bond acceptors (Lipinski definition) is 2. The highest BCUT2D eigenvalue weighted by molar-refractivity contribution is 5.86. The largest absolute Gasteiger partial charge is 0.453 e. The topological polar surface area (TPSA) is 12.5 Å². The summed E-state index contributed by atoms with van der Waals surface area (Å²) in [5.41, 5.74) is 7.83. The number of nitrogens with zero attached hydrogens (tertiary/aromatic N) is 1. The quantitative estimate of drug-likeness (QED) is 0.216. The molecule has 0 spiro atoms. The van der Waals surface area contributed by atoms with Gasteiger partial charge in [0.1, 0.15) is 0 Å². The van der Waals surface area contributed by atoms with Crippen LogP contribution in [-0.4, -0.2) is 0 Å². The fourth-order valence-corrected chi connectivity index (χ4v) is 5.81. The van der Waals surface area contributed by atoms with Crippen molar-refractivity contribution in [3.63, 3.8) is 0 Å². The third-order valence-electron chi connectivity index (χ3n) is 9.74. The highest BCUT2D eigenvalue weighted by Crippen LogP contribution is 2.53. The fourth-order valence-electron chi connectivity index (χ4n) is 5.81. The zero-order chi connectivity index (χ0) is 26.8. The number of benzene rings is 3. The molecule has 198 valence electrons. The summed E-state index contributed by atoms with van der Waals surface area (Å²) in [6.07, 6.45) is 6.77. The molecule has 1 heterocycles. The van der Waals surface area contributed by atoms with Gasteiger partial charge in [-0.25, -0.2) is 0 Å². The molecule has 0 fully saturated rings. The Kier molecular flexibility index (Phi) is 8.07. The van der Waals surface area contributed by atoms with Crippen molar-refractivity contribution < 1.29 is 4.74 Å². The Hall–Kier alpha value is -2.74. The Labute approximate surface area is 226 Å². The first-order valence-electron chi connectivity index (χ1n) is 14.6. The summed E-state index contributed by atoms with van der Waals surface area (Å²) in [6.45, 7) is 18.5. The van der Waals surface area contributed by atoms with Crippen LogP contribution in [0.5, 0.6) is 11.5 Å². The van der Waals surface area contributed by atoms with Gasteiger partial charge in [0.2, 0.25) is 0 Å².